The largest absolute Gasteiger partial charge is 0.379 e. The summed E-state index contributed by atoms with van der Waals surface area (Å²) < 4.78 is 11.9. The Balaban J connectivity index is 1.45. The van der Waals surface area contributed by atoms with Gasteiger partial charge in [0.15, 0.2) is 11.5 Å². The number of carbonyl (C=O) groups excluding carboxylic acids is 1. The second-order valence-electron chi connectivity index (χ2n) is 7.37. The lowest BCUT2D eigenvalue weighted by Crippen LogP contribution is -2.43. The summed E-state index contributed by atoms with van der Waals surface area (Å²) >= 11 is 3.41. The molecule has 0 saturated carbocycles. The molecular weight excluding hydrogens is 446 g/mol. The smallest absolute Gasteiger partial charge is 0.273 e. The van der Waals surface area contributed by atoms with Gasteiger partial charge >= 0.3 is 0 Å². The van der Waals surface area contributed by atoms with Crippen LogP contribution in [0.2, 0.25) is 0 Å². The van der Waals surface area contributed by atoms with Crippen molar-refractivity contribution in [2.45, 2.75) is 13.0 Å². The summed E-state index contributed by atoms with van der Waals surface area (Å²) in [5.41, 5.74) is 3.54. The van der Waals surface area contributed by atoms with E-state index in [4.69, 9.17) is 9.26 Å². The topological polar surface area (TPSA) is 67.6 Å². The average Bonchev–Trinajstić information content (AvgIpc) is 3.27. The fraction of sp³-hybridized carbons (Fsp3) is 0.304. The molecule has 156 valence electrons. The Morgan fingerprint density at radius 2 is 1.83 bits per heavy atom. The molecule has 30 heavy (non-hydrogen) atoms. The molecule has 7 heteroatoms. The highest BCUT2D eigenvalue weighted by molar-refractivity contribution is 9.10. The number of benzene rings is 2. The van der Waals surface area contributed by atoms with Crippen molar-refractivity contribution in [1.29, 1.82) is 0 Å². The Labute approximate surface area is 184 Å². The summed E-state index contributed by atoms with van der Waals surface area (Å²) in [7, 11) is 0. The first-order chi connectivity index (χ1) is 14.6. The van der Waals surface area contributed by atoms with Gasteiger partial charge in [0.05, 0.1) is 19.3 Å². The van der Waals surface area contributed by atoms with Gasteiger partial charge in [-0.2, -0.15) is 0 Å². The van der Waals surface area contributed by atoms with Crippen LogP contribution in [-0.2, 0) is 4.74 Å². The van der Waals surface area contributed by atoms with Gasteiger partial charge in [0, 0.05) is 35.7 Å². The van der Waals surface area contributed by atoms with E-state index in [-0.39, 0.29) is 17.6 Å². The van der Waals surface area contributed by atoms with E-state index in [1.165, 1.54) is 11.1 Å². The van der Waals surface area contributed by atoms with Crippen molar-refractivity contribution in [2.75, 3.05) is 32.8 Å². The van der Waals surface area contributed by atoms with Gasteiger partial charge in [0.2, 0.25) is 0 Å². The van der Waals surface area contributed by atoms with Crippen LogP contribution in [0.15, 0.2) is 63.6 Å². The van der Waals surface area contributed by atoms with Gasteiger partial charge in [0.25, 0.3) is 5.91 Å². The number of ether oxygens (including phenoxy) is 1. The number of morpholine rings is 1. The Morgan fingerprint density at radius 3 is 2.53 bits per heavy atom. The van der Waals surface area contributed by atoms with E-state index in [0.717, 1.165) is 23.1 Å². The zero-order chi connectivity index (χ0) is 20.9. The molecule has 0 spiro atoms. The van der Waals surface area contributed by atoms with E-state index in [9.17, 15) is 4.79 Å². The van der Waals surface area contributed by atoms with Crippen molar-refractivity contribution in [3.05, 3.63) is 75.9 Å². The van der Waals surface area contributed by atoms with E-state index < -0.39 is 0 Å². The van der Waals surface area contributed by atoms with E-state index >= 15 is 0 Å². The highest BCUT2D eigenvalue weighted by Gasteiger charge is 2.24. The van der Waals surface area contributed by atoms with Crippen LogP contribution in [0, 0.1) is 6.92 Å². The number of hydrogen-bond donors (Lipinski definition) is 1. The van der Waals surface area contributed by atoms with Gasteiger partial charge in [0.1, 0.15) is 0 Å². The Bertz CT molecular complexity index is 980. The molecule has 0 aliphatic carbocycles. The molecule has 1 aliphatic rings. The fourth-order valence-electron chi connectivity index (χ4n) is 3.55. The summed E-state index contributed by atoms with van der Waals surface area (Å²) in [5.74, 6) is 0.323. The minimum Gasteiger partial charge on any atom is -0.379 e. The normalized spacial score (nSPS) is 15.7. The number of aromatic nitrogens is 1. The number of nitrogens with zero attached hydrogens (tertiary/aromatic N) is 2. The molecule has 1 atom stereocenters. The molecule has 1 aromatic heterocycles. The Kier molecular flexibility index (Phi) is 6.62. The van der Waals surface area contributed by atoms with Crippen molar-refractivity contribution < 1.29 is 14.1 Å². The van der Waals surface area contributed by atoms with Gasteiger partial charge in [-0.15, -0.1) is 0 Å². The SMILES string of the molecule is Cc1ccc([C@@H](CNC(=O)c2cc(-c3ccc(Br)cc3)on2)N2CCOCC2)cc1. The zero-order valence-electron chi connectivity index (χ0n) is 16.8. The molecule has 1 aliphatic heterocycles. The van der Waals surface area contributed by atoms with Crippen molar-refractivity contribution >= 4 is 21.8 Å². The first-order valence-corrected chi connectivity index (χ1v) is 10.8. The minimum absolute atomic E-state index is 0.0799. The molecule has 1 N–H and O–H groups in total. The third kappa shape index (κ3) is 4.98. The van der Waals surface area contributed by atoms with E-state index in [1.54, 1.807) is 6.07 Å². The van der Waals surface area contributed by atoms with E-state index in [2.05, 4.69) is 62.5 Å². The number of carbonyl (C=O) groups is 1. The summed E-state index contributed by atoms with van der Waals surface area (Å²) in [5, 5.41) is 6.99. The third-order valence-corrected chi connectivity index (χ3v) is 5.80. The maximum absolute atomic E-state index is 12.7. The first kappa shape index (κ1) is 20.8. The number of aryl methyl sites for hydroxylation is 1. The summed E-state index contributed by atoms with van der Waals surface area (Å²) in [6.45, 7) is 5.65. The van der Waals surface area contributed by atoms with E-state index in [0.29, 0.717) is 25.5 Å². The number of rotatable bonds is 6. The monoisotopic (exact) mass is 469 g/mol. The predicted molar refractivity (Wildman–Crippen MR) is 118 cm³/mol. The number of nitrogens with one attached hydrogen (secondary N) is 1. The van der Waals surface area contributed by atoms with Crippen molar-refractivity contribution in [1.82, 2.24) is 15.4 Å². The van der Waals surface area contributed by atoms with Crippen LogP contribution in [0.5, 0.6) is 0 Å². The molecule has 4 rings (SSSR count). The molecule has 2 heterocycles. The average molecular weight is 470 g/mol. The van der Waals surface area contributed by atoms with Gasteiger partial charge < -0.3 is 14.6 Å². The fourth-order valence-corrected chi connectivity index (χ4v) is 3.81. The van der Waals surface area contributed by atoms with Crippen LogP contribution in [0.25, 0.3) is 11.3 Å². The van der Waals surface area contributed by atoms with Crippen LogP contribution in [0.1, 0.15) is 27.7 Å². The summed E-state index contributed by atoms with van der Waals surface area (Å²) in [4.78, 5) is 15.1. The zero-order valence-corrected chi connectivity index (χ0v) is 18.4. The van der Waals surface area contributed by atoms with Crippen LogP contribution in [0.4, 0.5) is 0 Å². The standard InChI is InChI=1S/C23H24BrN3O3/c1-16-2-4-17(5-3-16)21(27-10-12-29-13-11-27)15-25-23(28)20-14-22(30-26-20)18-6-8-19(24)9-7-18/h2-9,14,21H,10-13,15H2,1H3,(H,25,28)/t21-/m1/s1. The Morgan fingerprint density at radius 1 is 1.13 bits per heavy atom. The highest BCUT2D eigenvalue weighted by atomic mass is 79.9. The lowest BCUT2D eigenvalue weighted by Gasteiger charge is -2.35. The summed E-state index contributed by atoms with van der Waals surface area (Å²) in [6, 6.07) is 17.9. The van der Waals surface area contributed by atoms with Crippen molar-refractivity contribution in [3.8, 4) is 11.3 Å². The molecule has 0 unspecified atom stereocenters. The quantitative estimate of drug-likeness (QED) is 0.585. The lowest BCUT2D eigenvalue weighted by molar-refractivity contribution is 0.0162. The second-order valence-corrected chi connectivity index (χ2v) is 8.28. The maximum atomic E-state index is 12.7. The van der Waals surface area contributed by atoms with Crippen LogP contribution >= 0.6 is 15.9 Å². The first-order valence-electron chi connectivity index (χ1n) is 9.99. The molecule has 2 aromatic carbocycles. The minimum atomic E-state index is -0.243. The van der Waals surface area contributed by atoms with Crippen LogP contribution < -0.4 is 5.32 Å². The van der Waals surface area contributed by atoms with Crippen molar-refractivity contribution in [3.63, 3.8) is 0 Å². The molecule has 1 fully saturated rings. The third-order valence-electron chi connectivity index (χ3n) is 5.28. The number of halogens is 1. The molecule has 1 saturated heterocycles. The highest BCUT2D eigenvalue weighted by Crippen LogP contribution is 2.24. The number of amides is 1. The molecule has 1 amide bonds. The molecule has 0 radical (unpaired) electrons. The van der Waals surface area contributed by atoms with Gasteiger partial charge in [-0.3, -0.25) is 9.69 Å². The van der Waals surface area contributed by atoms with Gasteiger partial charge in [-0.05, 0) is 24.6 Å². The summed E-state index contributed by atoms with van der Waals surface area (Å²) in [6.07, 6.45) is 0. The molecule has 0 bridgehead atoms. The Hall–Kier alpha value is -2.48. The van der Waals surface area contributed by atoms with Crippen molar-refractivity contribution in [2.24, 2.45) is 0 Å². The molecule has 6 nitrogen and oxygen atoms in total. The van der Waals surface area contributed by atoms with Gasteiger partial charge in [-0.25, -0.2) is 0 Å². The lowest BCUT2D eigenvalue weighted by atomic mass is 10.0. The molecule has 3 aromatic rings. The van der Waals surface area contributed by atoms with Crippen LogP contribution in [0.3, 0.4) is 0 Å². The number of hydrogen-bond acceptors (Lipinski definition) is 5. The van der Waals surface area contributed by atoms with E-state index in [1.807, 2.05) is 24.3 Å². The predicted octanol–water partition coefficient (Wildman–Crippen LogP) is 4.22. The van der Waals surface area contributed by atoms with Crippen LogP contribution in [-0.4, -0.2) is 48.8 Å². The maximum Gasteiger partial charge on any atom is 0.273 e. The van der Waals surface area contributed by atoms with Gasteiger partial charge in [-0.1, -0.05) is 63.0 Å². The second kappa shape index (κ2) is 9.55. The molecular formula is C23H24BrN3O3.